The maximum absolute atomic E-state index is 7.19. The summed E-state index contributed by atoms with van der Waals surface area (Å²) in [6, 6.07) is 10.4. The first-order valence-electron chi connectivity index (χ1n) is 21.8. The number of halogens is 2. The van der Waals surface area contributed by atoms with Crippen LogP contribution < -0.4 is 0 Å². The van der Waals surface area contributed by atoms with E-state index in [-0.39, 0.29) is 7.92 Å². The molecule has 1 aromatic carbocycles. The van der Waals surface area contributed by atoms with Crippen molar-refractivity contribution in [2.45, 2.75) is 204 Å². The number of unbranched alkanes of at least 4 members (excludes halogenated alkanes) is 10. The first kappa shape index (κ1) is 43.2. The van der Waals surface area contributed by atoms with E-state index in [2.05, 4.69) is 52.5 Å². The average Bonchev–Trinajstić information content (AvgIpc) is 3.57. The van der Waals surface area contributed by atoms with Crippen molar-refractivity contribution in [3.63, 3.8) is 0 Å². The van der Waals surface area contributed by atoms with E-state index < -0.39 is 11.9 Å². The van der Waals surface area contributed by atoms with Gasteiger partial charge in [0.2, 0.25) is 0 Å². The van der Waals surface area contributed by atoms with Gasteiger partial charge < -0.3 is 0 Å². The Bertz CT molecular complexity index is 1060. The fourth-order valence-electron chi connectivity index (χ4n) is 9.51. The fourth-order valence-corrected chi connectivity index (χ4v) is 21.3. The molecule has 50 heavy (non-hydrogen) atoms. The molecule has 1 aromatic rings. The van der Waals surface area contributed by atoms with Gasteiger partial charge in [0, 0.05) is 7.92 Å². The van der Waals surface area contributed by atoms with Crippen LogP contribution in [0.3, 0.4) is 0 Å². The van der Waals surface area contributed by atoms with E-state index in [1.165, 1.54) is 98.4 Å². The Morgan fingerprint density at radius 1 is 0.560 bits per heavy atom. The molecule has 0 atom stereocenters. The van der Waals surface area contributed by atoms with Crippen LogP contribution in [0.2, 0.25) is 0 Å². The second-order valence-corrected chi connectivity index (χ2v) is 28.9. The molecule has 2 nitrogen and oxygen atoms in total. The second kappa shape index (κ2) is 25.6. The Labute approximate surface area is 322 Å². The van der Waals surface area contributed by atoms with Crippen molar-refractivity contribution < 1.29 is 11.9 Å². The van der Waals surface area contributed by atoms with Crippen molar-refractivity contribution in [3.8, 4) is 0 Å². The third kappa shape index (κ3) is 15.3. The van der Waals surface area contributed by atoms with Gasteiger partial charge in [0.25, 0.3) is 0 Å². The van der Waals surface area contributed by atoms with Gasteiger partial charge in [-0.15, -0.1) is 0 Å². The van der Waals surface area contributed by atoms with Crippen LogP contribution in [0.25, 0.3) is 0 Å². The van der Waals surface area contributed by atoms with Crippen LogP contribution in [0.1, 0.15) is 193 Å². The number of hydrogen-bond donors (Lipinski definition) is 0. The molecule has 3 aliphatic carbocycles. The van der Waals surface area contributed by atoms with E-state index >= 15 is 0 Å². The Kier molecular flexibility index (Phi) is 22.1. The van der Waals surface area contributed by atoms with Crippen LogP contribution in [0, 0.1) is 0 Å². The number of hydrogen-bond acceptors (Lipinski definition) is 2. The van der Waals surface area contributed by atoms with Gasteiger partial charge in [0.05, 0.1) is 17.0 Å². The molecule has 0 amide bonds. The zero-order chi connectivity index (χ0) is 35.3. The van der Waals surface area contributed by atoms with Gasteiger partial charge in [0.15, 0.2) is 0 Å². The summed E-state index contributed by atoms with van der Waals surface area (Å²) in [5.74, 6) is 0. The van der Waals surface area contributed by atoms with Gasteiger partial charge in [0.1, 0.15) is 0 Å². The average molecular weight is 838 g/mol. The van der Waals surface area contributed by atoms with Gasteiger partial charge in [-0.3, -0.25) is 0 Å². The van der Waals surface area contributed by atoms with E-state index in [4.69, 9.17) is 19.4 Å². The van der Waals surface area contributed by atoms with E-state index in [1.807, 2.05) is 6.07 Å². The van der Waals surface area contributed by atoms with Crippen molar-refractivity contribution in [3.05, 3.63) is 35.9 Å². The molecule has 1 aliphatic heterocycles. The molecule has 4 fully saturated rings. The quantitative estimate of drug-likeness (QED) is 0.0826. The first-order chi connectivity index (χ1) is 24.5. The van der Waals surface area contributed by atoms with Crippen LogP contribution in [0.15, 0.2) is 30.3 Å². The zero-order valence-corrected chi connectivity index (χ0v) is 36.9. The molecular formula is C44H78Cl2N2PRu+. The van der Waals surface area contributed by atoms with E-state index in [0.29, 0.717) is 0 Å². The van der Waals surface area contributed by atoms with Gasteiger partial charge in [-0.2, -0.15) is 0 Å². The molecule has 0 bridgehead atoms. The van der Waals surface area contributed by atoms with Gasteiger partial charge in [-0.1, -0.05) is 19.3 Å². The molecule has 0 spiro atoms. The number of benzene rings is 1. The predicted octanol–water partition coefficient (Wildman–Crippen LogP) is 13.9. The van der Waals surface area contributed by atoms with E-state index in [1.54, 1.807) is 96.3 Å². The standard InChI is InChI=1S/C19H38N2.C18H33P.C7H6.2ClH.Ru/c1-3-5-7-9-11-13-15-20-17-18-21(19-20)16-14-12-10-8-6-4-2;1-4-10-16(11-5-1)19(17-12-6-2-7-13-17)18-14-8-3-9-15-18;1-7-5-3-2-4-6-7;;;/h3-18H2,1-2H3;16-18H,1-15H2;1-6H;2*1H;/q;;;;;+2/p-1. The van der Waals surface area contributed by atoms with Crippen molar-refractivity contribution in [2.75, 3.05) is 26.2 Å². The van der Waals surface area contributed by atoms with E-state index in [9.17, 15) is 0 Å². The van der Waals surface area contributed by atoms with Crippen LogP contribution in [0.5, 0.6) is 0 Å². The van der Waals surface area contributed by atoms with Crippen LogP contribution >= 0.6 is 27.3 Å². The molecule has 0 aromatic heterocycles. The number of nitrogens with zero attached hydrogens (tertiary/aromatic N) is 2. The summed E-state index contributed by atoms with van der Waals surface area (Å²) in [4.78, 5) is 5.06. The first-order valence-corrected chi connectivity index (χ1v) is 29.9. The molecule has 1 saturated heterocycles. The Balaban J connectivity index is 0.000000250. The van der Waals surface area contributed by atoms with Crippen molar-refractivity contribution >= 4 is 36.3 Å². The van der Waals surface area contributed by atoms with Crippen molar-refractivity contribution in [2.24, 2.45) is 0 Å². The minimum atomic E-state index is -3.10. The summed E-state index contributed by atoms with van der Waals surface area (Å²) in [5.41, 5.74) is 4.83. The molecule has 3 saturated carbocycles. The summed E-state index contributed by atoms with van der Waals surface area (Å²) < 4.78 is 3.45. The molecule has 0 unspecified atom stereocenters. The van der Waals surface area contributed by atoms with Gasteiger partial charge in [-0.05, 0) is 77.0 Å². The summed E-state index contributed by atoms with van der Waals surface area (Å²) in [7, 11) is 14.3. The summed E-state index contributed by atoms with van der Waals surface area (Å²) in [6.07, 6.45) is 39.7. The Hall–Kier alpha value is 0.513. The minimum absolute atomic E-state index is 0.0465. The predicted molar refractivity (Wildman–Crippen MR) is 227 cm³/mol. The van der Waals surface area contributed by atoms with Crippen LogP contribution in [0.4, 0.5) is 0 Å². The number of rotatable bonds is 18. The van der Waals surface area contributed by atoms with Crippen molar-refractivity contribution in [1.29, 1.82) is 0 Å². The molecule has 1 heterocycles. The molecule has 5 rings (SSSR count). The van der Waals surface area contributed by atoms with Gasteiger partial charge >= 0.3 is 203 Å². The fraction of sp³-hybridized carbons (Fsp3) is 0.818. The third-order valence-corrected chi connectivity index (χ3v) is 22.4. The molecule has 6 heteroatoms. The molecule has 4 aliphatic rings. The topological polar surface area (TPSA) is 6.48 Å². The summed E-state index contributed by atoms with van der Waals surface area (Å²) in [6.45, 7) is 8.90. The van der Waals surface area contributed by atoms with Gasteiger partial charge in [-0.25, -0.2) is 0 Å². The zero-order valence-electron chi connectivity index (χ0n) is 32.6. The molecule has 0 N–H and O–H groups in total. The Morgan fingerprint density at radius 3 is 1.34 bits per heavy atom. The van der Waals surface area contributed by atoms with Crippen molar-refractivity contribution in [1.82, 2.24) is 9.80 Å². The SMILES string of the molecule is C1CCC([PH+](C2CCCCC2)C2CCCCC2)CC1.CCCCCCCCN1CCN(CCCCCCCC)[C]1=[Ru]([Cl])([Cl])=[CH]c1ccccc1. The maximum atomic E-state index is 7.19. The third-order valence-electron chi connectivity index (χ3n) is 12.2. The monoisotopic (exact) mass is 837 g/mol. The van der Waals surface area contributed by atoms with E-state index in [0.717, 1.165) is 31.7 Å². The molecule has 0 radical (unpaired) electrons. The summed E-state index contributed by atoms with van der Waals surface area (Å²) in [5, 5.41) is 0. The molecular weight excluding hydrogens is 759 g/mol. The molecule has 290 valence electrons. The van der Waals surface area contributed by atoms with Crippen LogP contribution in [-0.4, -0.2) is 61.9 Å². The second-order valence-electron chi connectivity index (χ2n) is 16.2. The summed E-state index contributed by atoms with van der Waals surface area (Å²) >= 11 is -3.10. The Morgan fingerprint density at radius 2 is 0.940 bits per heavy atom. The normalized spacial score (nSPS) is 21.0. The van der Waals surface area contributed by atoms with Crippen LogP contribution in [-0.2, 0) is 11.9 Å².